The van der Waals surface area contributed by atoms with Crippen LogP contribution in [0.3, 0.4) is 0 Å². The molecule has 0 aliphatic rings. The van der Waals surface area contributed by atoms with Crippen LogP contribution >= 0.6 is 11.8 Å². The van der Waals surface area contributed by atoms with E-state index in [1.807, 2.05) is 0 Å². The van der Waals surface area contributed by atoms with Crippen LogP contribution in [0.5, 0.6) is 0 Å². The van der Waals surface area contributed by atoms with Crippen molar-refractivity contribution in [1.29, 1.82) is 0 Å². The van der Waals surface area contributed by atoms with Gasteiger partial charge in [-0.05, 0) is 12.3 Å². The van der Waals surface area contributed by atoms with Gasteiger partial charge in [-0.25, -0.2) is 38.8 Å². The summed E-state index contributed by atoms with van der Waals surface area (Å²) >= 11 is 0.451. The highest BCUT2D eigenvalue weighted by Crippen LogP contribution is 2.28. The van der Waals surface area contributed by atoms with Gasteiger partial charge >= 0.3 is 0 Å². The van der Waals surface area contributed by atoms with Gasteiger partial charge in [-0.3, -0.25) is 0 Å². The van der Waals surface area contributed by atoms with Crippen LogP contribution < -0.4 is 4.13 Å². The van der Waals surface area contributed by atoms with Crippen molar-refractivity contribution in [3.05, 3.63) is 51.4 Å². The maximum Gasteiger partial charge on any atom is 0.259 e. The fourth-order valence-electron chi connectivity index (χ4n) is 1.26. The van der Waals surface area contributed by atoms with Gasteiger partial charge in [0.05, 0.1) is 0 Å². The van der Waals surface area contributed by atoms with Crippen molar-refractivity contribution in [1.82, 2.24) is 4.13 Å². The van der Waals surface area contributed by atoms with Gasteiger partial charge in [-0.15, -0.1) is 4.13 Å². The number of nitrogens with one attached hydrogen (secondary N) is 1. The zero-order valence-electron chi connectivity index (χ0n) is 11.6. The Kier molecular flexibility index (Phi) is 6.19. The van der Waals surface area contributed by atoms with Gasteiger partial charge in [0, 0.05) is 0 Å². The molecule has 0 heterocycles. The van der Waals surface area contributed by atoms with E-state index >= 15 is 0 Å². The van der Waals surface area contributed by atoms with E-state index in [2.05, 4.69) is 6.58 Å². The quantitative estimate of drug-likeness (QED) is 0.444. The van der Waals surface area contributed by atoms with E-state index in [9.17, 15) is 38.8 Å². The van der Waals surface area contributed by atoms with Crippen molar-refractivity contribution >= 4 is 31.8 Å². The molecule has 0 unspecified atom stereocenters. The van der Waals surface area contributed by atoms with Crippen LogP contribution in [0.25, 0.3) is 0 Å². The first-order valence-corrected chi connectivity index (χ1v) is 9.48. The Morgan fingerprint density at radius 2 is 1.38 bits per heavy atom. The Balaban J connectivity index is 3.46. The van der Waals surface area contributed by atoms with E-state index in [1.165, 1.54) is 18.4 Å². The average molecular weight is 409 g/mol. The number of sulfonamides is 2. The molecule has 0 saturated heterocycles. The summed E-state index contributed by atoms with van der Waals surface area (Å²) in [6.07, 6.45) is 1.38. The molecule has 13 heteroatoms. The van der Waals surface area contributed by atoms with E-state index in [1.54, 1.807) is 0 Å². The first kappa shape index (κ1) is 20.6. The van der Waals surface area contributed by atoms with Gasteiger partial charge in [-0.1, -0.05) is 24.4 Å². The van der Waals surface area contributed by atoms with Crippen molar-refractivity contribution in [2.45, 2.75) is 11.8 Å². The lowest BCUT2D eigenvalue weighted by Gasteiger charge is -2.11. The zero-order chi connectivity index (χ0) is 18.9. The molecular weight excluding hydrogens is 401 g/mol. The molecule has 0 radical (unpaired) electrons. The molecule has 0 fully saturated rings. The lowest BCUT2D eigenvalue weighted by atomic mass is 10.3. The number of thioether (sulfide) groups is 1. The minimum atomic E-state index is -5.64. The summed E-state index contributed by atoms with van der Waals surface area (Å²) in [4.78, 5) is -2.31. The van der Waals surface area contributed by atoms with Crippen LogP contribution in [-0.2, 0) is 20.0 Å². The SMILES string of the molecule is C=C(S/C=C\C)S(=O)(=O)NS(=O)(=O)c1c(F)c(F)c(F)c(F)c1F. The summed E-state index contributed by atoms with van der Waals surface area (Å²) in [5.74, 6) is -13.0. The molecule has 1 aromatic rings. The van der Waals surface area contributed by atoms with Crippen LogP contribution in [0.15, 0.2) is 27.2 Å². The topological polar surface area (TPSA) is 80.3 Å². The summed E-state index contributed by atoms with van der Waals surface area (Å²) in [7, 11) is -10.5. The summed E-state index contributed by atoms with van der Waals surface area (Å²) in [6, 6.07) is 0. The number of hydrogen-bond acceptors (Lipinski definition) is 5. The predicted octanol–water partition coefficient (Wildman–Crippen LogP) is 2.73. The van der Waals surface area contributed by atoms with Crippen molar-refractivity contribution in [2.24, 2.45) is 0 Å². The number of benzene rings is 1. The molecule has 0 saturated carbocycles. The van der Waals surface area contributed by atoms with E-state index in [0.717, 1.165) is 4.13 Å². The molecular formula is C11H8F5NO4S3. The number of allylic oxidation sites excluding steroid dienone is 1. The first-order chi connectivity index (χ1) is 10.9. The summed E-state index contributed by atoms with van der Waals surface area (Å²) in [5, 5.41) is 1.20. The molecule has 0 aliphatic heterocycles. The van der Waals surface area contributed by atoms with Crippen molar-refractivity contribution in [3.8, 4) is 0 Å². The average Bonchev–Trinajstić information content (AvgIpc) is 2.47. The van der Waals surface area contributed by atoms with Gasteiger partial charge in [0.25, 0.3) is 20.0 Å². The fraction of sp³-hybridized carbons (Fsp3) is 0.0909. The van der Waals surface area contributed by atoms with Crippen LogP contribution in [0, 0.1) is 29.1 Å². The second-order valence-corrected chi connectivity index (χ2v) is 8.79. The highest BCUT2D eigenvalue weighted by molar-refractivity contribution is 8.22. The molecule has 0 amide bonds. The minimum Gasteiger partial charge on any atom is -0.206 e. The second-order valence-electron chi connectivity index (χ2n) is 3.95. The summed E-state index contributed by atoms with van der Waals surface area (Å²) in [6.45, 7) is 4.54. The fourth-order valence-corrected chi connectivity index (χ4v) is 5.04. The van der Waals surface area contributed by atoms with Crippen LogP contribution in [0.4, 0.5) is 22.0 Å². The van der Waals surface area contributed by atoms with Crippen LogP contribution in [0.2, 0.25) is 0 Å². The third-order valence-corrected chi connectivity index (χ3v) is 7.16. The minimum absolute atomic E-state index is 0.451. The van der Waals surface area contributed by atoms with Crippen LogP contribution in [-0.4, -0.2) is 16.8 Å². The van der Waals surface area contributed by atoms with Gasteiger partial charge < -0.3 is 0 Å². The molecule has 0 aliphatic carbocycles. The summed E-state index contributed by atoms with van der Waals surface area (Å²) in [5.41, 5.74) is 0. The molecule has 0 atom stereocenters. The monoisotopic (exact) mass is 409 g/mol. The van der Waals surface area contributed by atoms with Crippen LogP contribution in [0.1, 0.15) is 6.92 Å². The third-order valence-electron chi connectivity index (χ3n) is 2.29. The van der Waals surface area contributed by atoms with Gasteiger partial charge in [0.2, 0.25) is 5.82 Å². The Bertz CT molecular complexity index is 896. The van der Waals surface area contributed by atoms with Gasteiger partial charge in [-0.2, -0.15) is 0 Å². The van der Waals surface area contributed by atoms with Crippen molar-refractivity contribution < 1.29 is 38.8 Å². The van der Waals surface area contributed by atoms with Gasteiger partial charge in [0.15, 0.2) is 28.2 Å². The van der Waals surface area contributed by atoms with E-state index in [-0.39, 0.29) is 0 Å². The van der Waals surface area contributed by atoms with E-state index in [0.29, 0.717) is 11.8 Å². The first-order valence-electron chi connectivity index (χ1n) is 5.63. The smallest absolute Gasteiger partial charge is 0.206 e. The van der Waals surface area contributed by atoms with Gasteiger partial charge in [0.1, 0.15) is 4.24 Å². The molecule has 134 valence electrons. The maximum absolute atomic E-state index is 13.5. The molecule has 1 aromatic carbocycles. The largest absolute Gasteiger partial charge is 0.259 e. The Hall–Kier alpha value is -1.44. The molecule has 5 nitrogen and oxygen atoms in total. The Labute approximate surface area is 138 Å². The van der Waals surface area contributed by atoms with E-state index < -0.39 is 58.3 Å². The molecule has 0 spiro atoms. The molecule has 1 rings (SSSR count). The Morgan fingerprint density at radius 3 is 1.79 bits per heavy atom. The molecule has 0 aromatic heterocycles. The molecule has 0 bridgehead atoms. The normalized spacial score (nSPS) is 12.8. The zero-order valence-corrected chi connectivity index (χ0v) is 14.1. The number of hydrogen-bond donors (Lipinski definition) is 1. The number of halogens is 5. The highest BCUT2D eigenvalue weighted by Gasteiger charge is 2.36. The van der Waals surface area contributed by atoms with Crippen molar-refractivity contribution in [2.75, 3.05) is 0 Å². The number of rotatable bonds is 6. The van der Waals surface area contributed by atoms with E-state index in [4.69, 9.17) is 0 Å². The second kappa shape index (κ2) is 7.21. The predicted molar refractivity (Wildman–Crippen MR) is 77.0 cm³/mol. The standard InChI is InChI=1S/C11H8F5NO4S3/c1-3-4-22-5(2)23(18,19)17-24(20,21)11-9(15)7(13)6(12)8(14)10(11)16/h3-4,17H,2H2,1H3/b4-3-. The lowest BCUT2D eigenvalue weighted by Crippen LogP contribution is -2.32. The summed E-state index contributed by atoms with van der Waals surface area (Å²) < 4.78 is 113. The van der Waals surface area contributed by atoms with Crippen molar-refractivity contribution in [3.63, 3.8) is 0 Å². The lowest BCUT2D eigenvalue weighted by molar-refractivity contribution is 0.357. The maximum atomic E-state index is 13.5. The molecule has 1 N–H and O–H groups in total. The Morgan fingerprint density at radius 1 is 0.958 bits per heavy atom. The highest BCUT2D eigenvalue weighted by atomic mass is 32.3. The molecule has 24 heavy (non-hydrogen) atoms. The third kappa shape index (κ3) is 3.96.